The van der Waals surface area contributed by atoms with Crippen molar-refractivity contribution in [3.8, 4) is 11.3 Å². The molecule has 0 unspecified atom stereocenters. The van der Waals surface area contributed by atoms with E-state index < -0.39 is 0 Å². The van der Waals surface area contributed by atoms with Crippen LogP contribution in [0.1, 0.15) is 16.1 Å². The molecule has 5 nitrogen and oxygen atoms in total. The summed E-state index contributed by atoms with van der Waals surface area (Å²) in [4.78, 5) is 22.8. The zero-order valence-corrected chi connectivity index (χ0v) is 14.0. The van der Waals surface area contributed by atoms with Crippen LogP contribution < -0.4 is 5.48 Å². The summed E-state index contributed by atoms with van der Waals surface area (Å²) in [5.74, 6) is -0.335. The third-order valence-electron chi connectivity index (χ3n) is 4.04. The molecule has 26 heavy (non-hydrogen) atoms. The van der Waals surface area contributed by atoms with Gasteiger partial charge < -0.3 is 0 Å². The van der Waals surface area contributed by atoms with Gasteiger partial charge >= 0.3 is 0 Å². The molecule has 1 amide bonds. The lowest BCUT2D eigenvalue weighted by Gasteiger charge is -2.08. The Balaban J connectivity index is 1.63. The molecule has 0 atom stereocenters. The summed E-state index contributed by atoms with van der Waals surface area (Å²) in [6, 6.07) is 25.0. The summed E-state index contributed by atoms with van der Waals surface area (Å²) < 4.78 is 1.77. The molecule has 0 aliphatic rings. The van der Waals surface area contributed by atoms with Crippen LogP contribution in [0.5, 0.6) is 0 Å². The van der Waals surface area contributed by atoms with Crippen molar-refractivity contribution < 1.29 is 9.63 Å². The van der Waals surface area contributed by atoms with Crippen molar-refractivity contribution in [3.05, 3.63) is 96.3 Å². The van der Waals surface area contributed by atoms with Crippen LogP contribution in [0.25, 0.3) is 16.9 Å². The fourth-order valence-electron chi connectivity index (χ4n) is 2.82. The predicted octanol–water partition coefficient (Wildman–Crippen LogP) is 3.86. The molecule has 4 rings (SSSR count). The van der Waals surface area contributed by atoms with Crippen LogP contribution in [-0.2, 0) is 11.4 Å². The first kappa shape index (κ1) is 16.1. The molecule has 1 N–H and O–H groups in total. The maximum Gasteiger partial charge on any atom is 0.294 e. The number of aromatic nitrogens is 2. The monoisotopic (exact) mass is 343 g/mol. The molecule has 4 aromatic rings. The van der Waals surface area contributed by atoms with E-state index in [0.29, 0.717) is 23.6 Å². The minimum Gasteiger partial charge on any atom is -0.295 e. The van der Waals surface area contributed by atoms with Gasteiger partial charge in [0.05, 0.1) is 6.61 Å². The Bertz CT molecular complexity index is 1030. The van der Waals surface area contributed by atoms with E-state index in [0.717, 1.165) is 11.1 Å². The second kappa shape index (κ2) is 7.21. The second-order valence-electron chi connectivity index (χ2n) is 5.81. The maximum atomic E-state index is 12.8. The van der Waals surface area contributed by atoms with Crippen LogP contribution in [-0.4, -0.2) is 15.3 Å². The number of pyridine rings is 1. The molecular formula is C21H17N3O2. The van der Waals surface area contributed by atoms with Crippen LogP contribution >= 0.6 is 0 Å². The molecule has 2 heterocycles. The van der Waals surface area contributed by atoms with Gasteiger partial charge in [-0.2, -0.15) is 0 Å². The minimum absolute atomic E-state index is 0.296. The van der Waals surface area contributed by atoms with Crippen molar-refractivity contribution in [1.29, 1.82) is 0 Å². The molecule has 0 fully saturated rings. The van der Waals surface area contributed by atoms with Crippen molar-refractivity contribution in [1.82, 2.24) is 14.9 Å². The van der Waals surface area contributed by atoms with Crippen LogP contribution in [0.3, 0.4) is 0 Å². The van der Waals surface area contributed by atoms with Crippen molar-refractivity contribution >= 4 is 11.6 Å². The molecule has 2 aromatic heterocycles. The topological polar surface area (TPSA) is 55.6 Å². The third-order valence-corrected chi connectivity index (χ3v) is 4.04. The summed E-state index contributed by atoms with van der Waals surface area (Å²) >= 11 is 0. The van der Waals surface area contributed by atoms with Gasteiger partial charge in [-0.05, 0) is 17.7 Å². The quantitative estimate of drug-likeness (QED) is 0.560. The number of rotatable bonds is 5. The number of imidazole rings is 1. The van der Waals surface area contributed by atoms with Gasteiger partial charge in [-0.1, -0.05) is 66.7 Å². The molecule has 0 bridgehead atoms. The molecule has 0 radical (unpaired) electrons. The predicted molar refractivity (Wildman–Crippen MR) is 99.3 cm³/mol. The number of carbonyl (C=O) groups is 1. The summed E-state index contributed by atoms with van der Waals surface area (Å²) in [6.07, 6.45) is 1.82. The SMILES string of the molecule is O=C(NOCc1ccccc1)c1c(-c2ccccc2)nc2ccccn12. The van der Waals surface area contributed by atoms with Crippen LogP contribution in [0.15, 0.2) is 85.1 Å². The van der Waals surface area contributed by atoms with E-state index in [4.69, 9.17) is 4.84 Å². The minimum atomic E-state index is -0.335. The van der Waals surface area contributed by atoms with Gasteiger partial charge in [0.25, 0.3) is 5.91 Å². The van der Waals surface area contributed by atoms with Gasteiger partial charge in [-0.25, -0.2) is 10.5 Å². The van der Waals surface area contributed by atoms with Crippen LogP contribution in [0.4, 0.5) is 0 Å². The van der Waals surface area contributed by atoms with Crippen LogP contribution in [0.2, 0.25) is 0 Å². The standard InChI is InChI=1S/C21H17N3O2/c25-21(23-26-15-16-9-3-1-4-10-16)20-19(17-11-5-2-6-12-17)22-18-13-7-8-14-24(18)20/h1-14H,15H2,(H,23,25). The number of hydrogen-bond donors (Lipinski definition) is 1. The zero-order chi connectivity index (χ0) is 17.8. The number of hydrogen-bond acceptors (Lipinski definition) is 3. The summed E-state index contributed by atoms with van der Waals surface area (Å²) in [5.41, 5.74) is 6.17. The average molecular weight is 343 g/mol. The summed E-state index contributed by atoms with van der Waals surface area (Å²) in [5, 5.41) is 0. The van der Waals surface area contributed by atoms with E-state index >= 15 is 0 Å². The van der Waals surface area contributed by atoms with Crippen molar-refractivity contribution in [2.45, 2.75) is 6.61 Å². The fourth-order valence-corrected chi connectivity index (χ4v) is 2.82. The first-order chi connectivity index (χ1) is 12.8. The van der Waals surface area contributed by atoms with E-state index in [9.17, 15) is 4.79 Å². The lowest BCUT2D eigenvalue weighted by Crippen LogP contribution is -2.25. The molecule has 0 spiro atoms. The lowest BCUT2D eigenvalue weighted by atomic mass is 10.1. The molecule has 2 aromatic carbocycles. The van der Waals surface area contributed by atoms with E-state index in [1.807, 2.05) is 85.1 Å². The Kier molecular flexibility index (Phi) is 4.45. The Morgan fingerprint density at radius 2 is 1.62 bits per heavy atom. The fraction of sp³-hybridized carbons (Fsp3) is 0.0476. The van der Waals surface area contributed by atoms with Crippen molar-refractivity contribution in [3.63, 3.8) is 0 Å². The average Bonchev–Trinajstić information content (AvgIpc) is 3.09. The van der Waals surface area contributed by atoms with Gasteiger partial charge in [0.1, 0.15) is 17.0 Å². The number of nitrogens with one attached hydrogen (secondary N) is 1. The van der Waals surface area contributed by atoms with E-state index in [-0.39, 0.29) is 5.91 Å². The Labute approximate surface area is 150 Å². The molecule has 5 heteroatoms. The van der Waals surface area contributed by atoms with E-state index in [1.54, 1.807) is 4.40 Å². The molecule has 0 aliphatic carbocycles. The molecule has 0 saturated carbocycles. The third kappa shape index (κ3) is 3.20. The molecule has 0 saturated heterocycles. The number of carbonyl (C=O) groups excluding carboxylic acids is 1. The van der Waals surface area contributed by atoms with Crippen molar-refractivity contribution in [2.75, 3.05) is 0 Å². The van der Waals surface area contributed by atoms with Gasteiger partial charge in [-0.3, -0.25) is 14.0 Å². The highest BCUT2D eigenvalue weighted by Gasteiger charge is 2.20. The number of amides is 1. The van der Waals surface area contributed by atoms with Crippen LogP contribution in [0, 0.1) is 0 Å². The number of benzene rings is 2. The van der Waals surface area contributed by atoms with Gasteiger partial charge in [0.15, 0.2) is 0 Å². The normalized spacial score (nSPS) is 10.8. The Morgan fingerprint density at radius 3 is 2.38 bits per heavy atom. The largest absolute Gasteiger partial charge is 0.295 e. The number of fused-ring (bicyclic) bond motifs is 1. The molecular weight excluding hydrogens is 326 g/mol. The molecule has 0 aliphatic heterocycles. The van der Waals surface area contributed by atoms with E-state index in [1.165, 1.54) is 0 Å². The highest BCUT2D eigenvalue weighted by Crippen LogP contribution is 2.24. The zero-order valence-electron chi connectivity index (χ0n) is 14.0. The Hall–Kier alpha value is -3.44. The highest BCUT2D eigenvalue weighted by atomic mass is 16.6. The summed E-state index contributed by atoms with van der Waals surface area (Å²) in [7, 11) is 0. The molecule has 128 valence electrons. The van der Waals surface area contributed by atoms with Gasteiger partial charge in [0, 0.05) is 11.8 Å². The smallest absolute Gasteiger partial charge is 0.294 e. The maximum absolute atomic E-state index is 12.8. The van der Waals surface area contributed by atoms with Crippen molar-refractivity contribution in [2.24, 2.45) is 0 Å². The number of nitrogens with zero attached hydrogens (tertiary/aromatic N) is 2. The first-order valence-electron chi connectivity index (χ1n) is 8.31. The lowest BCUT2D eigenvalue weighted by molar-refractivity contribution is 0.0229. The second-order valence-corrected chi connectivity index (χ2v) is 5.81. The summed E-state index contributed by atoms with van der Waals surface area (Å²) in [6.45, 7) is 0.296. The van der Waals surface area contributed by atoms with Gasteiger partial charge in [0.2, 0.25) is 0 Å². The first-order valence-corrected chi connectivity index (χ1v) is 8.31. The highest BCUT2D eigenvalue weighted by molar-refractivity contribution is 5.99. The number of hydroxylamine groups is 1. The Morgan fingerprint density at radius 1 is 0.923 bits per heavy atom. The van der Waals surface area contributed by atoms with E-state index in [2.05, 4.69) is 10.5 Å². The van der Waals surface area contributed by atoms with Gasteiger partial charge in [-0.15, -0.1) is 0 Å².